The third-order valence-electron chi connectivity index (χ3n) is 3.65. The Morgan fingerprint density at radius 2 is 2.10 bits per heavy atom. The van der Waals surface area contributed by atoms with Crippen LogP contribution in [0.1, 0.15) is 24.1 Å². The van der Waals surface area contributed by atoms with Crippen molar-refractivity contribution >= 4 is 5.82 Å². The van der Waals surface area contributed by atoms with Crippen LogP contribution in [0.25, 0.3) is 0 Å². The summed E-state index contributed by atoms with van der Waals surface area (Å²) in [6, 6.07) is 12.6. The first-order valence-corrected chi connectivity index (χ1v) is 7.11. The molecule has 0 saturated heterocycles. The van der Waals surface area contributed by atoms with Crippen LogP contribution in [0.2, 0.25) is 0 Å². The van der Waals surface area contributed by atoms with Crippen LogP contribution in [-0.2, 0) is 6.54 Å². The Balaban J connectivity index is 2.14. The fourth-order valence-corrected chi connectivity index (χ4v) is 2.20. The van der Waals surface area contributed by atoms with Gasteiger partial charge in [-0.15, -0.1) is 0 Å². The molecular formula is C17H23N3O. The Morgan fingerprint density at radius 1 is 1.29 bits per heavy atom. The van der Waals surface area contributed by atoms with E-state index in [9.17, 15) is 0 Å². The summed E-state index contributed by atoms with van der Waals surface area (Å²) in [4.78, 5) is 6.60. The van der Waals surface area contributed by atoms with E-state index in [-0.39, 0.29) is 0 Å². The summed E-state index contributed by atoms with van der Waals surface area (Å²) in [6.07, 6.45) is 1.86. The maximum atomic E-state index is 5.26. The predicted molar refractivity (Wildman–Crippen MR) is 86.8 cm³/mol. The Hall–Kier alpha value is -2.07. The van der Waals surface area contributed by atoms with Crippen molar-refractivity contribution in [2.45, 2.75) is 19.5 Å². The second kappa shape index (κ2) is 7.09. The normalized spacial score (nSPS) is 12.0. The molecular weight excluding hydrogens is 262 g/mol. The number of nitrogens with zero attached hydrogens (tertiary/aromatic N) is 2. The van der Waals surface area contributed by atoms with Gasteiger partial charge in [0.1, 0.15) is 11.6 Å². The van der Waals surface area contributed by atoms with Crippen molar-refractivity contribution in [3.63, 3.8) is 0 Å². The zero-order valence-corrected chi connectivity index (χ0v) is 13.1. The van der Waals surface area contributed by atoms with Crippen molar-refractivity contribution in [3.05, 3.63) is 53.7 Å². The van der Waals surface area contributed by atoms with Crippen molar-refractivity contribution in [3.8, 4) is 5.75 Å². The predicted octanol–water partition coefficient (Wildman–Crippen LogP) is 3.01. The van der Waals surface area contributed by atoms with Gasteiger partial charge in [-0.2, -0.15) is 0 Å². The summed E-state index contributed by atoms with van der Waals surface area (Å²) in [6.45, 7) is 2.93. The Labute approximate surface area is 126 Å². The summed E-state index contributed by atoms with van der Waals surface area (Å²) in [5.41, 5.74) is 2.44. The number of benzene rings is 1. The zero-order chi connectivity index (χ0) is 15.2. The van der Waals surface area contributed by atoms with Gasteiger partial charge in [0.2, 0.25) is 0 Å². The third-order valence-corrected chi connectivity index (χ3v) is 3.65. The minimum Gasteiger partial charge on any atom is -0.497 e. The van der Waals surface area contributed by atoms with E-state index in [0.717, 1.165) is 18.1 Å². The molecule has 112 valence electrons. The molecule has 0 fully saturated rings. The van der Waals surface area contributed by atoms with Gasteiger partial charge in [0.15, 0.2) is 0 Å². The highest BCUT2D eigenvalue weighted by Gasteiger charge is 2.08. The van der Waals surface area contributed by atoms with Crippen LogP contribution in [0.15, 0.2) is 42.6 Å². The molecule has 1 atom stereocenters. The lowest BCUT2D eigenvalue weighted by Crippen LogP contribution is -2.19. The number of methoxy groups -OCH3 is 1. The molecule has 0 bridgehead atoms. The van der Waals surface area contributed by atoms with E-state index in [4.69, 9.17) is 4.74 Å². The van der Waals surface area contributed by atoms with Crippen molar-refractivity contribution in [2.24, 2.45) is 0 Å². The second-order valence-electron chi connectivity index (χ2n) is 5.17. The molecule has 0 saturated carbocycles. The van der Waals surface area contributed by atoms with Gasteiger partial charge in [0.05, 0.1) is 7.11 Å². The average Bonchev–Trinajstić information content (AvgIpc) is 2.54. The van der Waals surface area contributed by atoms with Crippen LogP contribution in [0, 0.1) is 0 Å². The summed E-state index contributed by atoms with van der Waals surface area (Å²) in [5.74, 6) is 1.85. The fourth-order valence-electron chi connectivity index (χ4n) is 2.20. The van der Waals surface area contributed by atoms with Gasteiger partial charge >= 0.3 is 0 Å². The third kappa shape index (κ3) is 3.95. The van der Waals surface area contributed by atoms with E-state index in [0.29, 0.717) is 6.04 Å². The van der Waals surface area contributed by atoms with E-state index in [1.54, 1.807) is 7.11 Å². The SMILES string of the molecule is CNC(C)c1ccnc(N(C)Cc2cccc(OC)c2)c1. The van der Waals surface area contributed by atoms with E-state index < -0.39 is 0 Å². The maximum Gasteiger partial charge on any atom is 0.128 e. The number of hydrogen-bond donors (Lipinski definition) is 1. The molecule has 0 spiro atoms. The minimum atomic E-state index is 0.317. The number of ether oxygens (including phenoxy) is 1. The van der Waals surface area contributed by atoms with Crippen LogP contribution in [0.3, 0.4) is 0 Å². The molecule has 4 heteroatoms. The lowest BCUT2D eigenvalue weighted by Gasteiger charge is -2.20. The first kappa shape index (κ1) is 15.3. The molecule has 0 amide bonds. The molecule has 21 heavy (non-hydrogen) atoms. The van der Waals surface area contributed by atoms with Gasteiger partial charge in [-0.1, -0.05) is 12.1 Å². The van der Waals surface area contributed by atoms with Gasteiger partial charge in [-0.3, -0.25) is 0 Å². The van der Waals surface area contributed by atoms with Gasteiger partial charge in [0.25, 0.3) is 0 Å². The van der Waals surface area contributed by atoms with Crippen LogP contribution < -0.4 is 15.0 Å². The Kier molecular flexibility index (Phi) is 5.17. The van der Waals surface area contributed by atoms with Crippen LogP contribution >= 0.6 is 0 Å². The molecule has 1 N–H and O–H groups in total. The van der Waals surface area contributed by atoms with Gasteiger partial charge in [-0.05, 0) is 49.4 Å². The van der Waals surface area contributed by atoms with Crippen molar-refractivity contribution in [1.82, 2.24) is 10.3 Å². The number of rotatable bonds is 6. The number of hydrogen-bond acceptors (Lipinski definition) is 4. The number of nitrogens with one attached hydrogen (secondary N) is 1. The molecule has 0 aliphatic heterocycles. The highest BCUT2D eigenvalue weighted by atomic mass is 16.5. The minimum absolute atomic E-state index is 0.317. The van der Waals surface area contributed by atoms with Gasteiger partial charge in [0, 0.05) is 25.8 Å². The molecule has 0 aliphatic carbocycles. The Bertz CT molecular complexity index is 586. The molecule has 1 unspecified atom stereocenters. The quantitative estimate of drug-likeness (QED) is 0.885. The monoisotopic (exact) mass is 285 g/mol. The van der Waals surface area contributed by atoms with Gasteiger partial charge in [-0.25, -0.2) is 4.98 Å². The van der Waals surface area contributed by atoms with Crippen molar-refractivity contribution in [2.75, 3.05) is 26.1 Å². The van der Waals surface area contributed by atoms with Crippen LogP contribution in [0.5, 0.6) is 5.75 Å². The zero-order valence-electron chi connectivity index (χ0n) is 13.1. The molecule has 1 aromatic carbocycles. The number of anilines is 1. The molecule has 2 aromatic rings. The standard InChI is InChI=1S/C17H23N3O/c1-13(18-2)15-8-9-19-17(11-15)20(3)12-14-6-5-7-16(10-14)21-4/h5-11,13,18H,12H2,1-4H3. The first-order valence-electron chi connectivity index (χ1n) is 7.11. The van der Waals surface area contributed by atoms with Crippen molar-refractivity contribution < 1.29 is 4.74 Å². The second-order valence-corrected chi connectivity index (χ2v) is 5.17. The molecule has 2 rings (SSSR count). The van der Waals surface area contributed by atoms with E-state index in [1.165, 1.54) is 11.1 Å². The van der Waals surface area contributed by atoms with Crippen LogP contribution in [-0.4, -0.2) is 26.2 Å². The largest absolute Gasteiger partial charge is 0.497 e. The maximum absolute atomic E-state index is 5.26. The summed E-state index contributed by atoms with van der Waals surface area (Å²) < 4.78 is 5.26. The van der Waals surface area contributed by atoms with Crippen molar-refractivity contribution in [1.29, 1.82) is 0 Å². The number of pyridine rings is 1. The first-order chi connectivity index (χ1) is 10.1. The lowest BCUT2D eigenvalue weighted by molar-refractivity contribution is 0.414. The fraction of sp³-hybridized carbons (Fsp3) is 0.353. The van der Waals surface area contributed by atoms with Gasteiger partial charge < -0.3 is 15.0 Å². The number of aromatic nitrogens is 1. The van der Waals surface area contributed by atoms with E-state index in [1.807, 2.05) is 31.4 Å². The van der Waals surface area contributed by atoms with E-state index >= 15 is 0 Å². The lowest BCUT2D eigenvalue weighted by atomic mass is 10.1. The molecule has 4 nitrogen and oxygen atoms in total. The summed E-state index contributed by atoms with van der Waals surface area (Å²) >= 11 is 0. The molecule has 1 aromatic heterocycles. The summed E-state index contributed by atoms with van der Waals surface area (Å²) in [7, 11) is 5.70. The highest BCUT2D eigenvalue weighted by molar-refractivity contribution is 5.42. The Morgan fingerprint density at radius 3 is 2.81 bits per heavy atom. The summed E-state index contributed by atoms with van der Waals surface area (Å²) in [5, 5.41) is 3.25. The average molecular weight is 285 g/mol. The van der Waals surface area contributed by atoms with Crippen LogP contribution in [0.4, 0.5) is 5.82 Å². The topological polar surface area (TPSA) is 37.4 Å². The highest BCUT2D eigenvalue weighted by Crippen LogP contribution is 2.20. The molecule has 0 aliphatic rings. The van der Waals surface area contributed by atoms with E-state index in [2.05, 4.69) is 47.4 Å². The smallest absolute Gasteiger partial charge is 0.128 e. The molecule has 0 radical (unpaired) electrons. The molecule has 1 heterocycles.